The van der Waals surface area contributed by atoms with E-state index in [2.05, 4.69) is 19.2 Å². The highest BCUT2D eigenvalue weighted by Gasteiger charge is 2.22. The van der Waals surface area contributed by atoms with Crippen LogP contribution >= 0.6 is 11.3 Å². The van der Waals surface area contributed by atoms with Crippen LogP contribution in [0.1, 0.15) is 58.6 Å². The van der Waals surface area contributed by atoms with Crippen molar-refractivity contribution in [1.82, 2.24) is 0 Å². The molecule has 0 atom stereocenters. The summed E-state index contributed by atoms with van der Waals surface area (Å²) in [5.74, 6) is 0.0279. The third-order valence-corrected chi connectivity index (χ3v) is 5.31. The molecule has 2 rings (SSSR count). The summed E-state index contributed by atoms with van der Waals surface area (Å²) in [6, 6.07) is 7.94. The summed E-state index contributed by atoms with van der Waals surface area (Å²) < 4.78 is 10.7. The maximum Gasteiger partial charge on any atom is 0.348 e. The van der Waals surface area contributed by atoms with Crippen LogP contribution in [0.25, 0.3) is 0 Å². The van der Waals surface area contributed by atoms with Gasteiger partial charge in [-0.25, -0.2) is 4.79 Å². The van der Waals surface area contributed by atoms with Gasteiger partial charge in [0.05, 0.1) is 12.2 Å². The molecular formula is C21H24N2O4S. The minimum atomic E-state index is -0.500. The number of rotatable bonds is 7. The quantitative estimate of drug-likeness (QED) is 0.689. The molecule has 1 amide bonds. The number of thiophene rings is 1. The zero-order chi connectivity index (χ0) is 20.8. The normalized spacial score (nSPS) is 10.5. The minimum absolute atomic E-state index is 0.195. The van der Waals surface area contributed by atoms with Crippen molar-refractivity contribution in [3.63, 3.8) is 0 Å². The van der Waals surface area contributed by atoms with Gasteiger partial charge in [0.2, 0.25) is 0 Å². The second-order valence-electron chi connectivity index (χ2n) is 6.63. The van der Waals surface area contributed by atoms with Crippen LogP contribution in [0, 0.1) is 25.2 Å². The molecule has 1 heterocycles. The molecule has 0 aliphatic carbocycles. The number of hydrogen-bond acceptors (Lipinski definition) is 6. The van der Waals surface area contributed by atoms with E-state index in [1.54, 1.807) is 13.8 Å². The lowest BCUT2D eigenvalue weighted by Gasteiger charge is -2.14. The molecule has 0 fully saturated rings. The Hall–Kier alpha value is -2.85. The summed E-state index contributed by atoms with van der Waals surface area (Å²) in [7, 11) is 0. The Morgan fingerprint density at radius 1 is 1.29 bits per heavy atom. The molecule has 0 saturated heterocycles. The van der Waals surface area contributed by atoms with Crippen LogP contribution in [-0.4, -0.2) is 25.1 Å². The lowest BCUT2D eigenvalue weighted by Crippen LogP contribution is -2.20. The van der Waals surface area contributed by atoms with Crippen molar-refractivity contribution >= 4 is 28.2 Å². The second kappa shape index (κ2) is 9.38. The number of carbonyl (C=O) groups excluding carboxylic acids is 2. The molecule has 0 saturated carbocycles. The summed E-state index contributed by atoms with van der Waals surface area (Å²) in [6.07, 6.45) is 0. The molecule has 0 aliphatic rings. The molecule has 148 valence electrons. The van der Waals surface area contributed by atoms with Crippen LogP contribution < -0.4 is 10.1 Å². The van der Waals surface area contributed by atoms with E-state index < -0.39 is 11.9 Å². The maximum atomic E-state index is 12.4. The first-order valence-corrected chi connectivity index (χ1v) is 9.83. The number of aryl methyl sites for hydroxylation is 1. The van der Waals surface area contributed by atoms with Gasteiger partial charge in [0.25, 0.3) is 5.91 Å². The molecule has 2 aromatic rings. The topological polar surface area (TPSA) is 88.4 Å². The van der Waals surface area contributed by atoms with Crippen LogP contribution in [-0.2, 0) is 9.53 Å². The van der Waals surface area contributed by atoms with Crippen molar-refractivity contribution in [3.8, 4) is 11.8 Å². The number of nitriles is 1. The number of nitrogens with zero attached hydrogens (tertiary/aromatic N) is 1. The first kappa shape index (κ1) is 21.5. The number of hydrogen-bond donors (Lipinski definition) is 1. The Labute approximate surface area is 169 Å². The van der Waals surface area contributed by atoms with Gasteiger partial charge in [-0.05, 0) is 49.4 Å². The average Bonchev–Trinajstić information content (AvgIpc) is 2.95. The van der Waals surface area contributed by atoms with Gasteiger partial charge in [-0.3, -0.25) is 4.79 Å². The lowest BCUT2D eigenvalue weighted by atomic mass is 10.0. The van der Waals surface area contributed by atoms with Gasteiger partial charge in [-0.1, -0.05) is 26.0 Å². The zero-order valence-corrected chi connectivity index (χ0v) is 17.5. The standard InChI is InChI=1S/C21H24N2O4S/c1-6-26-21(25)19-14(5)16(10-22)20(28-19)23-18(24)11-27-17-9-13(4)7-8-15(17)12(2)3/h7-9,12H,6,11H2,1-5H3,(H,23,24). The van der Waals surface area contributed by atoms with E-state index in [1.807, 2.05) is 31.2 Å². The van der Waals surface area contributed by atoms with Gasteiger partial charge in [0, 0.05) is 0 Å². The Bertz CT molecular complexity index is 925. The van der Waals surface area contributed by atoms with Crippen molar-refractivity contribution in [2.75, 3.05) is 18.5 Å². The fourth-order valence-electron chi connectivity index (χ4n) is 2.68. The molecule has 1 aromatic heterocycles. The van der Waals surface area contributed by atoms with E-state index in [0.29, 0.717) is 21.2 Å². The molecule has 6 nitrogen and oxygen atoms in total. The molecule has 1 aromatic carbocycles. The van der Waals surface area contributed by atoms with Gasteiger partial charge in [-0.2, -0.15) is 5.26 Å². The summed E-state index contributed by atoms with van der Waals surface area (Å²) in [4.78, 5) is 24.7. The average molecular weight is 401 g/mol. The first-order chi connectivity index (χ1) is 13.3. The van der Waals surface area contributed by atoms with Crippen molar-refractivity contribution in [2.45, 2.75) is 40.5 Å². The summed E-state index contributed by atoms with van der Waals surface area (Å²) in [5.41, 5.74) is 2.83. The number of anilines is 1. The van der Waals surface area contributed by atoms with Crippen LogP contribution in [0.3, 0.4) is 0 Å². The summed E-state index contributed by atoms with van der Waals surface area (Å²) >= 11 is 1.03. The van der Waals surface area contributed by atoms with Crippen LogP contribution in [0.15, 0.2) is 18.2 Å². The molecule has 1 N–H and O–H groups in total. The van der Waals surface area contributed by atoms with Gasteiger partial charge < -0.3 is 14.8 Å². The highest BCUT2D eigenvalue weighted by Crippen LogP contribution is 2.33. The third-order valence-electron chi connectivity index (χ3n) is 4.12. The van der Waals surface area contributed by atoms with Crippen LogP contribution in [0.2, 0.25) is 0 Å². The number of carbonyl (C=O) groups is 2. The molecule has 28 heavy (non-hydrogen) atoms. The summed E-state index contributed by atoms with van der Waals surface area (Å²) in [6.45, 7) is 9.49. The highest BCUT2D eigenvalue weighted by molar-refractivity contribution is 7.18. The molecular weight excluding hydrogens is 376 g/mol. The SMILES string of the molecule is CCOC(=O)c1sc(NC(=O)COc2cc(C)ccc2C(C)C)c(C#N)c1C. The number of benzene rings is 1. The lowest BCUT2D eigenvalue weighted by molar-refractivity contribution is -0.118. The first-order valence-electron chi connectivity index (χ1n) is 9.02. The van der Waals surface area contributed by atoms with Gasteiger partial charge in [-0.15, -0.1) is 11.3 Å². The molecule has 0 radical (unpaired) electrons. The Morgan fingerprint density at radius 2 is 2.00 bits per heavy atom. The maximum absolute atomic E-state index is 12.4. The van der Waals surface area contributed by atoms with Gasteiger partial charge in [0.15, 0.2) is 6.61 Å². The minimum Gasteiger partial charge on any atom is -0.483 e. The predicted molar refractivity (Wildman–Crippen MR) is 109 cm³/mol. The number of amides is 1. The zero-order valence-electron chi connectivity index (χ0n) is 16.7. The Morgan fingerprint density at radius 3 is 2.61 bits per heavy atom. The summed E-state index contributed by atoms with van der Waals surface area (Å²) in [5, 5.41) is 12.4. The third kappa shape index (κ3) is 4.90. The Kier molecular flexibility index (Phi) is 7.18. The second-order valence-corrected chi connectivity index (χ2v) is 7.65. The monoisotopic (exact) mass is 400 g/mol. The number of ether oxygens (including phenoxy) is 2. The van der Waals surface area contributed by atoms with E-state index in [9.17, 15) is 14.9 Å². The van der Waals surface area contributed by atoms with Crippen molar-refractivity contribution in [3.05, 3.63) is 45.3 Å². The molecule has 0 spiro atoms. The molecule has 0 bridgehead atoms. The van der Waals surface area contributed by atoms with E-state index in [-0.39, 0.29) is 24.7 Å². The fraction of sp³-hybridized carbons (Fsp3) is 0.381. The van der Waals surface area contributed by atoms with Gasteiger partial charge in [0.1, 0.15) is 21.7 Å². The molecule has 0 unspecified atom stereocenters. The van der Waals surface area contributed by atoms with E-state index in [4.69, 9.17) is 9.47 Å². The predicted octanol–water partition coefficient (Wildman–Crippen LogP) is 4.55. The molecule has 0 aliphatic heterocycles. The van der Waals surface area contributed by atoms with Crippen LogP contribution in [0.4, 0.5) is 5.00 Å². The van der Waals surface area contributed by atoms with E-state index in [1.165, 1.54) is 0 Å². The van der Waals surface area contributed by atoms with Crippen LogP contribution in [0.5, 0.6) is 5.75 Å². The van der Waals surface area contributed by atoms with Crippen molar-refractivity contribution < 1.29 is 19.1 Å². The smallest absolute Gasteiger partial charge is 0.348 e. The Balaban J connectivity index is 2.14. The van der Waals surface area contributed by atoms with E-state index >= 15 is 0 Å². The van der Waals surface area contributed by atoms with Crippen molar-refractivity contribution in [1.29, 1.82) is 5.26 Å². The van der Waals surface area contributed by atoms with Gasteiger partial charge >= 0.3 is 5.97 Å². The van der Waals surface area contributed by atoms with Crippen molar-refractivity contribution in [2.24, 2.45) is 0 Å². The molecule has 7 heteroatoms. The number of nitrogens with one attached hydrogen (secondary N) is 1. The van der Waals surface area contributed by atoms with E-state index in [0.717, 1.165) is 22.5 Å². The highest BCUT2D eigenvalue weighted by atomic mass is 32.1. The number of esters is 1. The largest absolute Gasteiger partial charge is 0.483 e. The fourth-order valence-corrected chi connectivity index (χ4v) is 3.74.